The molecule has 102 valence electrons. The van der Waals surface area contributed by atoms with Gasteiger partial charge in [0.15, 0.2) is 0 Å². The molecule has 1 heterocycles. The van der Waals surface area contributed by atoms with Crippen molar-refractivity contribution in [2.75, 3.05) is 0 Å². The minimum Gasteiger partial charge on any atom is -0.423 e. The van der Waals surface area contributed by atoms with Crippen LogP contribution in [0.4, 0.5) is 0 Å². The molecule has 0 aromatic heterocycles. The zero-order chi connectivity index (χ0) is 13.7. The van der Waals surface area contributed by atoms with Crippen molar-refractivity contribution in [1.82, 2.24) is 0 Å². The number of carbonyl (C=O) groups excluding carboxylic acids is 1. The van der Waals surface area contributed by atoms with Crippen molar-refractivity contribution in [3.8, 4) is 0 Å². The molecule has 19 heavy (non-hydrogen) atoms. The Morgan fingerprint density at radius 1 is 1.47 bits per heavy atom. The van der Waals surface area contributed by atoms with Gasteiger partial charge >= 0.3 is 7.12 Å². The predicted molar refractivity (Wildman–Crippen MR) is 74.4 cm³/mol. The number of Topliss-reactive ketones (excluding diaryl/α,β-unsaturated/α-hetero) is 1. The lowest BCUT2D eigenvalue weighted by molar-refractivity contribution is -0.167. The molecule has 0 aromatic carbocycles. The summed E-state index contributed by atoms with van der Waals surface area (Å²) in [5.74, 6) is 0.422. The summed E-state index contributed by atoms with van der Waals surface area (Å²) in [6.07, 6.45) is 7.67. The zero-order valence-corrected chi connectivity index (χ0v) is 11.4. The average Bonchev–Trinajstić information content (AvgIpc) is 2.63. The van der Waals surface area contributed by atoms with Gasteiger partial charge in [-0.3, -0.25) is 4.79 Å². The minimum atomic E-state index is -0.904. The molecule has 3 rings (SSSR count). The monoisotopic (exact) mass is 260 g/mol. The molecule has 3 aliphatic rings. The van der Waals surface area contributed by atoms with Crippen molar-refractivity contribution in [3.63, 3.8) is 0 Å². The summed E-state index contributed by atoms with van der Waals surface area (Å²) < 4.78 is 5.98. The van der Waals surface area contributed by atoms with Crippen LogP contribution in [0.5, 0.6) is 0 Å². The van der Waals surface area contributed by atoms with Gasteiger partial charge in [0.05, 0.1) is 11.0 Å². The fourth-order valence-corrected chi connectivity index (χ4v) is 4.75. The highest BCUT2D eigenvalue weighted by Gasteiger charge is 2.67. The molecule has 3 nitrogen and oxygen atoms in total. The molecular weight excluding hydrogens is 239 g/mol. The van der Waals surface area contributed by atoms with Gasteiger partial charge in [-0.15, -0.1) is 13.2 Å². The van der Waals surface area contributed by atoms with Gasteiger partial charge in [0.1, 0.15) is 5.78 Å². The Balaban J connectivity index is 2.12. The second kappa shape index (κ2) is 4.32. The third kappa shape index (κ3) is 1.50. The Hall–Kier alpha value is -0.865. The number of hydrogen-bond acceptors (Lipinski definition) is 3. The fourth-order valence-electron chi connectivity index (χ4n) is 4.75. The molecule has 1 N–H and O–H groups in total. The number of allylic oxidation sites excluding steroid dienone is 1. The van der Waals surface area contributed by atoms with E-state index in [0.29, 0.717) is 18.6 Å². The smallest absolute Gasteiger partial charge is 0.423 e. The van der Waals surface area contributed by atoms with E-state index in [4.69, 9.17) is 4.65 Å². The lowest BCUT2D eigenvalue weighted by Crippen LogP contribution is -2.61. The fraction of sp³-hybridized carbons (Fsp3) is 0.667. The molecule has 2 aliphatic carbocycles. The van der Waals surface area contributed by atoms with Crippen LogP contribution in [-0.2, 0) is 9.45 Å². The standard InChI is InChI=1S/C15H21BO3/c1-3-8-14-9-4-6-12-11(2)16(18)19-15(12,14)10-5-7-13(14)17/h3,12,18H,1-2,4-10H2/t12-,14-,15+/m0/s1. The van der Waals surface area contributed by atoms with Gasteiger partial charge in [-0.2, -0.15) is 0 Å². The maximum Gasteiger partial charge on any atom is 0.487 e. The molecule has 0 unspecified atom stereocenters. The van der Waals surface area contributed by atoms with E-state index in [-0.39, 0.29) is 5.92 Å². The molecule has 0 radical (unpaired) electrons. The van der Waals surface area contributed by atoms with Crippen LogP contribution in [0.2, 0.25) is 0 Å². The molecule has 4 heteroatoms. The molecule has 2 saturated carbocycles. The first kappa shape index (κ1) is 13.1. The van der Waals surface area contributed by atoms with E-state index in [9.17, 15) is 9.82 Å². The largest absolute Gasteiger partial charge is 0.487 e. The minimum absolute atomic E-state index is 0.125. The summed E-state index contributed by atoms with van der Waals surface area (Å²) in [4.78, 5) is 12.7. The molecule has 0 aromatic rings. The molecule has 3 fully saturated rings. The van der Waals surface area contributed by atoms with Gasteiger partial charge in [0.2, 0.25) is 0 Å². The van der Waals surface area contributed by atoms with E-state index < -0.39 is 18.1 Å². The normalized spacial score (nSPS) is 41.9. The van der Waals surface area contributed by atoms with Crippen LogP contribution >= 0.6 is 0 Å². The molecule has 0 bridgehead atoms. The van der Waals surface area contributed by atoms with Crippen LogP contribution in [0.15, 0.2) is 24.7 Å². The highest BCUT2D eigenvalue weighted by Crippen LogP contribution is 2.62. The summed E-state index contributed by atoms with van der Waals surface area (Å²) >= 11 is 0. The van der Waals surface area contributed by atoms with E-state index >= 15 is 0 Å². The Bertz CT molecular complexity index is 447. The maximum absolute atomic E-state index is 12.7. The summed E-state index contributed by atoms with van der Waals surface area (Å²) in [7, 11) is -0.904. The van der Waals surface area contributed by atoms with E-state index in [1.54, 1.807) is 0 Å². The summed E-state index contributed by atoms with van der Waals surface area (Å²) in [5, 5.41) is 10.1. The van der Waals surface area contributed by atoms with E-state index in [2.05, 4.69) is 13.2 Å². The number of hydrogen-bond donors (Lipinski definition) is 1. The predicted octanol–water partition coefficient (Wildman–Crippen LogP) is 2.45. The first-order chi connectivity index (χ1) is 9.07. The first-order valence-electron chi connectivity index (χ1n) is 7.26. The first-order valence-corrected chi connectivity index (χ1v) is 7.26. The van der Waals surface area contributed by atoms with Crippen molar-refractivity contribution in [1.29, 1.82) is 0 Å². The Morgan fingerprint density at radius 3 is 3.00 bits per heavy atom. The second-order valence-electron chi connectivity index (χ2n) is 6.23. The molecule has 1 aliphatic heterocycles. The molecule has 3 atom stereocenters. The zero-order valence-electron chi connectivity index (χ0n) is 11.4. The summed E-state index contributed by atoms with van der Waals surface area (Å²) in [6, 6.07) is 0. The van der Waals surface area contributed by atoms with Crippen LogP contribution in [0.3, 0.4) is 0 Å². The van der Waals surface area contributed by atoms with Crippen molar-refractivity contribution in [2.45, 2.75) is 50.5 Å². The van der Waals surface area contributed by atoms with Crippen LogP contribution in [0.25, 0.3) is 0 Å². The molecular formula is C15H21BO3. The van der Waals surface area contributed by atoms with Crippen molar-refractivity contribution in [3.05, 3.63) is 24.7 Å². The third-order valence-electron chi connectivity index (χ3n) is 5.53. The van der Waals surface area contributed by atoms with Crippen LogP contribution in [0.1, 0.15) is 44.9 Å². The van der Waals surface area contributed by atoms with Crippen LogP contribution in [-0.4, -0.2) is 23.5 Å². The maximum atomic E-state index is 12.7. The number of rotatable bonds is 2. The lowest BCUT2D eigenvalue weighted by atomic mass is 9.50. The SMILES string of the molecule is C=CC[C@@]12CCC[C@H]3C(=C)B(O)O[C@]31CCCC2=O. The molecule has 0 amide bonds. The molecule has 1 saturated heterocycles. The topological polar surface area (TPSA) is 46.5 Å². The van der Waals surface area contributed by atoms with E-state index in [0.717, 1.165) is 37.6 Å². The third-order valence-corrected chi connectivity index (χ3v) is 5.53. The lowest BCUT2D eigenvalue weighted by Gasteiger charge is -2.56. The van der Waals surface area contributed by atoms with Crippen molar-refractivity contribution in [2.24, 2.45) is 11.3 Å². The van der Waals surface area contributed by atoms with E-state index in [1.807, 2.05) is 6.08 Å². The highest BCUT2D eigenvalue weighted by atomic mass is 16.5. The van der Waals surface area contributed by atoms with Crippen LogP contribution < -0.4 is 0 Å². The highest BCUT2D eigenvalue weighted by molar-refractivity contribution is 6.53. The second-order valence-corrected chi connectivity index (χ2v) is 6.23. The van der Waals surface area contributed by atoms with Gasteiger partial charge in [-0.25, -0.2) is 0 Å². The summed E-state index contributed by atoms with van der Waals surface area (Å²) in [6.45, 7) is 7.84. The Labute approximate surface area is 114 Å². The number of ketones is 1. The van der Waals surface area contributed by atoms with Gasteiger partial charge in [-0.05, 0) is 37.6 Å². The average molecular weight is 260 g/mol. The number of carbonyl (C=O) groups is 1. The van der Waals surface area contributed by atoms with Gasteiger partial charge in [0.25, 0.3) is 0 Å². The van der Waals surface area contributed by atoms with Crippen LogP contribution in [0, 0.1) is 11.3 Å². The Kier molecular flexibility index (Phi) is 2.99. The van der Waals surface area contributed by atoms with Crippen molar-refractivity contribution < 1.29 is 14.5 Å². The van der Waals surface area contributed by atoms with Crippen molar-refractivity contribution >= 4 is 12.9 Å². The Morgan fingerprint density at radius 2 is 2.26 bits per heavy atom. The van der Waals surface area contributed by atoms with Gasteiger partial charge < -0.3 is 9.68 Å². The summed E-state index contributed by atoms with van der Waals surface area (Å²) in [5.41, 5.74) is -0.232. The van der Waals surface area contributed by atoms with Gasteiger partial charge in [0, 0.05) is 12.3 Å². The van der Waals surface area contributed by atoms with Gasteiger partial charge in [-0.1, -0.05) is 12.5 Å². The molecule has 1 spiro atoms. The van der Waals surface area contributed by atoms with E-state index in [1.165, 1.54) is 0 Å². The quantitative estimate of drug-likeness (QED) is 0.612.